The van der Waals surface area contributed by atoms with Crippen LogP contribution in [0.1, 0.15) is 27.7 Å². The summed E-state index contributed by atoms with van der Waals surface area (Å²) in [6.45, 7) is 9.14. The molecule has 0 unspecified atom stereocenters. The van der Waals surface area contributed by atoms with Crippen molar-refractivity contribution in [3.05, 3.63) is 0 Å². The van der Waals surface area contributed by atoms with E-state index >= 15 is 0 Å². The Balaban J connectivity index is 3.78. The minimum absolute atomic E-state index is 0.625. The highest BCUT2D eigenvalue weighted by molar-refractivity contribution is 8.16. The SMILES string of the molecule is CC(C)CSC(SCC(C)C)N(C)C. The molecule has 0 aromatic carbocycles. The second kappa shape index (κ2) is 7.89. The maximum Gasteiger partial charge on any atom is 0.102 e. The molecule has 14 heavy (non-hydrogen) atoms. The minimum atomic E-state index is 0.625. The van der Waals surface area contributed by atoms with Crippen LogP contribution in [0.3, 0.4) is 0 Å². The van der Waals surface area contributed by atoms with Crippen molar-refractivity contribution in [3.8, 4) is 0 Å². The van der Waals surface area contributed by atoms with Gasteiger partial charge in [0.15, 0.2) is 0 Å². The van der Waals surface area contributed by atoms with Gasteiger partial charge in [0, 0.05) is 0 Å². The molecule has 0 saturated heterocycles. The normalized spacial score (nSPS) is 12.4. The fraction of sp³-hybridized carbons (Fsp3) is 1.00. The van der Waals surface area contributed by atoms with Gasteiger partial charge in [-0.25, -0.2) is 0 Å². The second-order valence-corrected chi connectivity index (χ2v) is 7.25. The van der Waals surface area contributed by atoms with Gasteiger partial charge in [-0.1, -0.05) is 27.7 Å². The highest BCUT2D eigenvalue weighted by Gasteiger charge is 2.13. The van der Waals surface area contributed by atoms with Crippen molar-refractivity contribution in [2.24, 2.45) is 11.8 Å². The summed E-state index contributed by atoms with van der Waals surface area (Å²) in [7, 11) is 4.34. The molecule has 0 aliphatic rings. The molecule has 0 saturated carbocycles. The van der Waals surface area contributed by atoms with Gasteiger partial charge < -0.3 is 0 Å². The Morgan fingerprint density at radius 1 is 0.857 bits per heavy atom. The molecule has 1 nitrogen and oxygen atoms in total. The first-order valence-corrected chi connectivity index (χ1v) is 7.42. The summed E-state index contributed by atoms with van der Waals surface area (Å²) in [4.78, 5) is 2.32. The molecule has 0 aliphatic carbocycles. The summed E-state index contributed by atoms with van der Waals surface area (Å²) in [5.41, 5.74) is 0. The molecular formula is C11H25NS2. The van der Waals surface area contributed by atoms with Crippen LogP contribution in [0.5, 0.6) is 0 Å². The van der Waals surface area contributed by atoms with Crippen LogP contribution >= 0.6 is 23.5 Å². The molecule has 0 amide bonds. The lowest BCUT2D eigenvalue weighted by Gasteiger charge is -2.24. The Morgan fingerprint density at radius 2 is 1.21 bits per heavy atom. The summed E-state index contributed by atoms with van der Waals surface area (Å²) in [6.07, 6.45) is 0. The summed E-state index contributed by atoms with van der Waals surface area (Å²) < 4.78 is 0.625. The van der Waals surface area contributed by atoms with E-state index in [0.29, 0.717) is 4.71 Å². The van der Waals surface area contributed by atoms with E-state index in [1.807, 2.05) is 0 Å². The number of nitrogens with zero attached hydrogens (tertiary/aromatic N) is 1. The van der Waals surface area contributed by atoms with E-state index in [1.54, 1.807) is 0 Å². The minimum Gasteiger partial charge on any atom is -0.289 e. The van der Waals surface area contributed by atoms with Gasteiger partial charge in [0.1, 0.15) is 4.71 Å². The largest absolute Gasteiger partial charge is 0.289 e. The fourth-order valence-electron chi connectivity index (χ4n) is 0.896. The summed E-state index contributed by atoms with van der Waals surface area (Å²) in [6, 6.07) is 0. The van der Waals surface area contributed by atoms with Crippen LogP contribution in [-0.2, 0) is 0 Å². The summed E-state index contributed by atoms with van der Waals surface area (Å²) in [5.74, 6) is 4.10. The van der Waals surface area contributed by atoms with Gasteiger partial charge in [-0.05, 0) is 37.4 Å². The third kappa shape index (κ3) is 8.01. The van der Waals surface area contributed by atoms with Crippen LogP contribution in [0.15, 0.2) is 0 Å². The van der Waals surface area contributed by atoms with E-state index in [4.69, 9.17) is 0 Å². The van der Waals surface area contributed by atoms with E-state index in [-0.39, 0.29) is 0 Å². The first-order valence-electron chi connectivity index (χ1n) is 5.33. The number of rotatable bonds is 7. The van der Waals surface area contributed by atoms with Gasteiger partial charge in [0.05, 0.1) is 0 Å². The van der Waals surface area contributed by atoms with Crippen molar-refractivity contribution in [3.63, 3.8) is 0 Å². The van der Waals surface area contributed by atoms with Crippen LogP contribution in [0.4, 0.5) is 0 Å². The van der Waals surface area contributed by atoms with Crippen molar-refractivity contribution < 1.29 is 0 Å². The molecule has 0 heterocycles. The van der Waals surface area contributed by atoms with Crippen molar-refractivity contribution >= 4 is 23.5 Å². The Morgan fingerprint density at radius 3 is 1.43 bits per heavy atom. The molecule has 0 aromatic rings. The highest BCUT2D eigenvalue weighted by atomic mass is 32.2. The lowest BCUT2D eigenvalue weighted by molar-refractivity contribution is 0.458. The zero-order valence-electron chi connectivity index (χ0n) is 10.4. The Labute approximate surface area is 98.4 Å². The monoisotopic (exact) mass is 235 g/mol. The smallest absolute Gasteiger partial charge is 0.102 e. The van der Waals surface area contributed by atoms with Gasteiger partial charge in [-0.2, -0.15) is 0 Å². The zero-order valence-corrected chi connectivity index (χ0v) is 12.0. The van der Waals surface area contributed by atoms with Crippen LogP contribution in [0.25, 0.3) is 0 Å². The maximum atomic E-state index is 2.32. The molecule has 0 spiro atoms. The third-order valence-corrected chi connectivity index (χ3v) is 5.51. The lowest BCUT2D eigenvalue weighted by Crippen LogP contribution is -2.23. The lowest BCUT2D eigenvalue weighted by atomic mass is 10.3. The molecule has 0 N–H and O–H groups in total. The molecule has 0 aromatic heterocycles. The third-order valence-electron chi connectivity index (χ3n) is 1.57. The van der Waals surface area contributed by atoms with Gasteiger partial charge >= 0.3 is 0 Å². The van der Waals surface area contributed by atoms with Crippen LogP contribution in [0.2, 0.25) is 0 Å². The second-order valence-electron chi connectivity index (χ2n) is 4.73. The van der Waals surface area contributed by atoms with E-state index in [9.17, 15) is 0 Å². The van der Waals surface area contributed by atoms with Crippen molar-refractivity contribution in [2.45, 2.75) is 32.4 Å². The fourth-order valence-corrected chi connectivity index (χ4v) is 3.45. The quantitative estimate of drug-likeness (QED) is 0.621. The zero-order chi connectivity index (χ0) is 11.1. The van der Waals surface area contributed by atoms with Crippen LogP contribution in [0, 0.1) is 11.8 Å². The molecule has 3 heteroatoms. The molecule has 86 valence electrons. The van der Waals surface area contributed by atoms with Crippen molar-refractivity contribution in [1.29, 1.82) is 0 Å². The molecule has 0 bridgehead atoms. The Bertz CT molecular complexity index is 123. The molecule has 0 atom stereocenters. The number of hydrogen-bond donors (Lipinski definition) is 0. The predicted molar refractivity (Wildman–Crippen MR) is 72.1 cm³/mol. The van der Waals surface area contributed by atoms with E-state index in [1.165, 1.54) is 11.5 Å². The summed E-state index contributed by atoms with van der Waals surface area (Å²) in [5, 5.41) is 0. The average molecular weight is 235 g/mol. The predicted octanol–water partition coefficient (Wildman–Crippen LogP) is 3.61. The first-order chi connectivity index (χ1) is 6.43. The number of hydrogen-bond acceptors (Lipinski definition) is 3. The van der Waals surface area contributed by atoms with Crippen LogP contribution in [-0.4, -0.2) is 35.2 Å². The van der Waals surface area contributed by atoms with Crippen molar-refractivity contribution in [2.75, 3.05) is 25.6 Å². The topological polar surface area (TPSA) is 3.24 Å². The van der Waals surface area contributed by atoms with E-state index in [2.05, 4.69) is 70.2 Å². The Kier molecular flexibility index (Phi) is 8.26. The Hall–Kier alpha value is 0.660. The van der Waals surface area contributed by atoms with Gasteiger partial charge in [-0.3, -0.25) is 4.90 Å². The van der Waals surface area contributed by atoms with Gasteiger partial charge in [-0.15, -0.1) is 23.5 Å². The van der Waals surface area contributed by atoms with Gasteiger partial charge in [0.25, 0.3) is 0 Å². The standard InChI is InChI=1S/C11H25NS2/c1-9(2)7-13-11(12(5)6)14-8-10(3)4/h9-11H,7-8H2,1-6H3. The van der Waals surface area contributed by atoms with E-state index in [0.717, 1.165) is 11.8 Å². The highest BCUT2D eigenvalue weighted by Crippen LogP contribution is 2.28. The first kappa shape index (κ1) is 14.7. The van der Waals surface area contributed by atoms with Gasteiger partial charge in [0.2, 0.25) is 0 Å². The summed E-state index contributed by atoms with van der Waals surface area (Å²) >= 11 is 4.14. The molecule has 0 rings (SSSR count). The van der Waals surface area contributed by atoms with Crippen LogP contribution < -0.4 is 0 Å². The number of thioether (sulfide) groups is 2. The molecular weight excluding hydrogens is 210 g/mol. The molecule has 0 fully saturated rings. The molecule has 0 radical (unpaired) electrons. The maximum absolute atomic E-state index is 2.32. The average Bonchev–Trinajstić information content (AvgIpc) is 2.02. The van der Waals surface area contributed by atoms with Crippen molar-refractivity contribution in [1.82, 2.24) is 4.90 Å². The van der Waals surface area contributed by atoms with E-state index < -0.39 is 0 Å². The molecule has 0 aliphatic heterocycles.